The predicted molar refractivity (Wildman–Crippen MR) is 52.4 cm³/mol. The van der Waals surface area contributed by atoms with E-state index in [0.29, 0.717) is 19.6 Å². The maximum absolute atomic E-state index is 10.2. The zero-order chi connectivity index (χ0) is 10.5. The molecule has 0 aliphatic carbocycles. The van der Waals surface area contributed by atoms with Crippen LogP contribution in [-0.2, 0) is 9.53 Å². The Morgan fingerprint density at radius 3 is 2.31 bits per heavy atom. The van der Waals surface area contributed by atoms with Crippen molar-refractivity contribution in [1.82, 2.24) is 5.32 Å². The summed E-state index contributed by atoms with van der Waals surface area (Å²) in [5, 5.41) is 2.67. The minimum absolute atomic E-state index is 0.332. The highest BCUT2D eigenvalue weighted by atomic mass is 16.5. The maximum Gasteiger partial charge on any atom is 0.207 e. The van der Waals surface area contributed by atoms with Crippen molar-refractivity contribution in [1.29, 1.82) is 0 Å². The largest absolute Gasteiger partial charge is 0.372 e. The molecule has 78 valence electrons. The van der Waals surface area contributed by atoms with Gasteiger partial charge in [0.25, 0.3) is 0 Å². The molecule has 4 heteroatoms. The van der Waals surface area contributed by atoms with Gasteiger partial charge in [0.15, 0.2) is 0 Å². The number of hydrogen-bond donors (Lipinski definition) is 2. The van der Waals surface area contributed by atoms with Crippen LogP contribution in [0.3, 0.4) is 0 Å². The summed E-state index contributed by atoms with van der Waals surface area (Å²) in [7, 11) is 0. The first-order valence-corrected chi connectivity index (χ1v) is 4.38. The van der Waals surface area contributed by atoms with Gasteiger partial charge in [-0.15, -0.1) is 0 Å². The molecule has 0 unspecified atom stereocenters. The van der Waals surface area contributed by atoms with E-state index in [1.165, 1.54) is 0 Å². The molecule has 0 atom stereocenters. The average molecular weight is 188 g/mol. The molecule has 1 amide bonds. The second-order valence-electron chi connectivity index (χ2n) is 4.40. The molecule has 0 saturated carbocycles. The second kappa shape index (κ2) is 4.58. The lowest BCUT2D eigenvalue weighted by Gasteiger charge is -2.30. The molecule has 0 saturated heterocycles. The summed E-state index contributed by atoms with van der Waals surface area (Å²) in [6.07, 6.45) is 0.679. The van der Waals surface area contributed by atoms with Gasteiger partial charge < -0.3 is 15.8 Å². The molecule has 0 heterocycles. The van der Waals surface area contributed by atoms with Crippen LogP contribution in [0.4, 0.5) is 0 Å². The third-order valence-electron chi connectivity index (χ3n) is 1.76. The average Bonchev–Trinajstić information content (AvgIpc) is 2.02. The van der Waals surface area contributed by atoms with Gasteiger partial charge in [0.05, 0.1) is 17.7 Å². The first-order chi connectivity index (χ1) is 5.83. The van der Waals surface area contributed by atoms with Crippen molar-refractivity contribution < 1.29 is 9.53 Å². The number of nitrogens with two attached hydrogens (primary N) is 1. The van der Waals surface area contributed by atoms with Crippen molar-refractivity contribution >= 4 is 6.41 Å². The smallest absolute Gasteiger partial charge is 0.207 e. The molecule has 0 aromatic carbocycles. The summed E-state index contributed by atoms with van der Waals surface area (Å²) in [4.78, 5) is 10.2. The lowest BCUT2D eigenvalue weighted by Crippen LogP contribution is -2.46. The Morgan fingerprint density at radius 1 is 1.38 bits per heavy atom. The lowest BCUT2D eigenvalue weighted by atomic mass is 10.1. The fraction of sp³-hybridized carbons (Fsp3) is 0.889. The number of rotatable bonds is 6. The Labute approximate surface area is 79.8 Å². The molecule has 0 aromatic rings. The lowest BCUT2D eigenvalue weighted by molar-refractivity contribution is -0.112. The molecule has 3 N–H and O–H groups in total. The van der Waals surface area contributed by atoms with Crippen LogP contribution in [0, 0.1) is 0 Å². The monoisotopic (exact) mass is 188 g/mol. The van der Waals surface area contributed by atoms with Gasteiger partial charge in [-0.3, -0.25) is 4.79 Å². The number of amides is 1. The van der Waals surface area contributed by atoms with Crippen LogP contribution in [0.25, 0.3) is 0 Å². The number of carbonyl (C=O) groups is 1. The van der Waals surface area contributed by atoms with Gasteiger partial charge >= 0.3 is 0 Å². The number of nitrogens with one attached hydrogen (secondary N) is 1. The third-order valence-corrected chi connectivity index (χ3v) is 1.76. The molecule has 0 fully saturated rings. The minimum atomic E-state index is -0.339. The number of hydrogen-bond acceptors (Lipinski definition) is 3. The molecule has 0 bridgehead atoms. The maximum atomic E-state index is 10.2. The van der Waals surface area contributed by atoms with Crippen LogP contribution in [-0.4, -0.2) is 30.7 Å². The van der Waals surface area contributed by atoms with Crippen LogP contribution in [0.5, 0.6) is 0 Å². The van der Waals surface area contributed by atoms with Crippen LogP contribution in [0.1, 0.15) is 27.7 Å². The van der Waals surface area contributed by atoms with Crippen molar-refractivity contribution in [2.45, 2.75) is 38.8 Å². The van der Waals surface area contributed by atoms with E-state index in [0.717, 1.165) is 0 Å². The molecule has 4 nitrogen and oxygen atoms in total. The zero-order valence-electron chi connectivity index (χ0n) is 8.89. The van der Waals surface area contributed by atoms with Crippen molar-refractivity contribution in [3.63, 3.8) is 0 Å². The van der Waals surface area contributed by atoms with Crippen molar-refractivity contribution in [2.24, 2.45) is 5.73 Å². The van der Waals surface area contributed by atoms with Crippen LogP contribution in [0.15, 0.2) is 0 Å². The zero-order valence-corrected chi connectivity index (χ0v) is 8.89. The molecule has 0 rings (SSSR count). The topological polar surface area (TPSA) is 64.3 Å². The van der Waals surface area contributed by atoms with E-state index in [-0.39, 0.29) is 11.1 Å². The summed E-state index contributed by atoms with van der Waals surface area (Å²) in [6, 6.07) is 0. The molecular weight excluding hydrogens is 168 g/mol. The quantitative estimate of drug-likeness (QED) is 0.588. The highest BCUT2D eigenvalue weighted by Crippen LogP contribution is 2.11. The van der Waals surface area contributed by atoms with Gasteiger partial charge in [0.1, 0.15) is 0 Å². The van der Waals surface area contributed by atoms with Crippen molar-refractivity contribution in [3.8, 4) is 0 Å². The molecule has 13 heavy (non-hydrogen) atoms. The van der Waals surface area contributed by atoms with Crippen LogP contribution < -0.4 is 11.1 Å². The van der Waals surface area contributed by atoms with E-state index in [2.05, 4.69) is 5.32 Å². The summed E-state index contributed by atoms with van der Waals surface area (Å²) < 4.78 is 5.55. The Morgan fingerprint density at radius 2 is 1.92 bits per heavy atom. The second-order valence-corrected chi connectivity index (χ2v) is 4.40. The van der Waals surface area contributed by atoms with Gasteiger partial charge in [0.2, 0.25) is 6.41 Å². The highest BCUT2D eigenvalue weighted by Gasteiger charge is 2.22. The van der Waals surface area contributed by atoms with E-state index in [9.17, 15) is 4.79 Å². The van der Waals surface area contributed by atoms with Crippen LogP contribution in [0.2, 0.25) is 0 Å². The van der Waals surface area contributed by atoms with Gasteiger partial charge in [-0.2, -0.15) is 0 Å². The molecule has 0 aliphatic heterocycles. The van der Waals surface area contributed by atoms with E-state index < -0.39 is 0 Å². The minimum Gasteiger partial charge on any atom is -0.372 e. The van der Waals surface area contributed by atoms with Gasteiger partial charge in [0, 0.05) is 6.54 Å². The molecule has 0 aromatic heterocycles. The fourth-order valence-corrected chi connectivity index (χ4v) is 0.636. The SMILES string of the molecule is CC(C)(COC(C)(C)CN)NC=O. The summed E-state index contributed by atoms with van der Waals surface area (Å²) in [6.45, 7) is 8.55. The summed E-state index contributed by atoms with van der Waals surface area (Å²) in [5.41, 5.74) is 4.82. The Hall–Kier alpha value is -0.610. The van der Waals surface area contributed by atoms with E-state index in [4.69, 9.17) is 10.5 Å². The van der Waals surface area contributed by atoms with E-state index >= 15 is 0 Å². The Balaban J connectivity index is 3.93. The Kier molecular flexibility index (Phi) is 4.36. The molecule has 0 aliphatic rings. The predicted octanol–water partition coefficient (Wildman–Crippen LogP) is 0.265. The van der Waals surface area contributed by atoms with Crippen molar-refractivity contribution in [3.05, 3.63) is 0 Å². The standard InChI is InChI=1S/C9H20N2O2/c1-8(2,11-7-12)6-13-9(3,4)5-10/h7H,5-6,10H2,1-4H3,(H,11,12). The normalized spacial score (nSPS) is 12.7. The van der Waals surface area contributed by atoms with Gasteiger partial charge in [-0.05, 0) is 27.7 Å². The first-order valence-electron chi connectivity index (χ1n) is 4.38. The van der Waals surface area contributed by atoms with E-state index in [1.807, 2.05) is 27.7 Å². The Bertz CT molecular complexity index is 167. The third kappa shape index (κ3) is 5.60. The first kappa shape index (κ1) is 12.4. The fourth-order valence-electron chi connectivity index (χ4n) is 0.636. The molecule has 0 radical (unpaired) electrons. The number of ether oxygens (including phenoxy) is 1. The van der Waals surface area contributed by atoms with E-state index in [1.54, 1.807) is 0 Å². The van der Waals surface area contributed by atoms with Crippen molar-refractivity contribution in [2.75, 3.05) is 13.2 Å². The van der Waals surface area contributed by atoms with Gasteiger partial charge in [-0.25, -0.2) is 0 Å². The summed E-state index contributed by atoms with van der Waals surface area (Å²) in [5.74, 6) is 0. The molecular formula is C9H20N2O2. The number of carbonyl (C=O) groups excluding carboxylic acids is 1. The summed E-state index contributed by atoms with van der Waals surface area (Å²) >= 11 is 0. The van der Waals surface area contributed by atoms with Gasteiger partial charge in [-0.1, -0.05) is 0 Å². The molecule has 0 spiro atoms. The highest BCUT2D eigenvalue weighted by molar-refractivity contribution is 5.47. The van der Waals surface area contributed by atoms with Crippen LogP contribution >= 0.6 is 0 Å².